The van der Waals surface area contributed by atoms with E-state index in [-0.39, 0.29) is 11.5 Å². The summed E-state index contributed by atoms with van der Waals surface area (Å²) in [6, 6.07) is -1.41. The van der Waals surface area contributed by atoms with Crippen molar-refractivity contribution in [3.8, 4) is 0 Å². The summed E-state index contributed by atoms with van der Waals surface area (Å²) in [4.78, 5) is 22.9. The zero-order valence-corrected chi connectivity index (χ0v) is 12.4. The van der Waals surface area contributed by atoms with Crippen LogP contribution in [0, 0.1) is 10.8 Å². The highest BCUT2D eigenvalue weighted by atomic mass is 16.4. The van der Waals surface area contributed by atoms with Crippen molar-refractivity contribution in [1.29, 1.82) is 0 Å². The summed E-state index contributed by atoms with van der Waals surface area (Å²) in [5, 5.41) is 14.4. The quantitative estimate of drug-likeness (QED) is 0.726. The molecule has 0 unspecified atom stereocenters. The number of carboxylic acid groups (broad SMARTS) is 1. The number of rotatable bonds is 3. The maximum Gasteiger partial charge on any atom is 0.326 e. The predicted octanol–water partition coefficient (Wildman–Crippen LogP) is 2.22. The zero-order valence-electron chi connectivity index (χ0n) is 12.4. The van der Waals surface area contributed by atoms with E-state index >= 15 is 0 Å². The highest BCUT2D eigenvalue weighted by Crippen LogP contribution is 2.20. The van der Waals surface area contributed by atoms with E-state index in [4.69, 9.17) is 5.11 Å². The van der Waals surface area contributed by atoms with Crippen LogP contribution in [0.3, 0.4) is 0 Å². The number of nitrogens with one attached hydrogen (secondary N) is 2. The van der Waals surface area contributed by atoms with Crippen LogP contribution in [0.15, 0.2) is 0 Å². The molecule has 0 aromatic rings. The average Bonchev–Trinajstić information content (AvgIpc) is 2.10. The summed E-state index contributed by atoms with van der Waals surface area (Å²) in [7, 11) is 0. The number of hydrogen-bond acceptors (Lipinski definition) is 2. The van der Waals surface area contributed by atoms with Crippen LogP contribution in [0.1, 0.15) is 48.5 Å². The van der Waals surface area contributed by atoms with Crippen molar-refractivity contribution in [2.75, 3.05) is 0 Å². The molecule has 0 spiro atoms. The molecule has 2 amide bonds. The fourth-order valence-electron chi connectivity index (χ4n) is 1.23. The number of carboxylic acids is 1. The summed E-state index contributed by atoms with van der Waals surface area (Å²) in [5.74, 6) is -1.03. The topological polar surface area (TPSA) is 78.4 Å². The predicted molar refractivity (Wildman–Crippen MR) is 71.5 cm³/mol. The molecule has 0 aromatic carbocycles. The lowest BCUT2D eigenvalue weighted by molar-refractivity contribution is -0.141. The van der Waals surface area contributed by atoms with E-state index < -0.39 is 23.5 Å². The Hall–Kier alpha value is -1.26. The molecule has 0 saturated heterocycles. The number of hydrogen-bond donors (Lipinski definition) is 3. The van der Waals surface area contributed by atoms with E-state index in [0.717, 1.165) is 0 Å². The Morgan fingerprint density at radius 3 is 1.67 bits per heavy atom. The molecule has 0 aliphatic heterocycles. The third-order valence-electron chi connectivity index (χ3n) is 3.04. The van der Waals surface area contributed by atoms with Crippen LogP contribution in [-0.2, 0) is 4.79 Å². The summed E-state index contributed by atoms with van der Waals surface area (Å²) in [6.45, 7) is 13.3. The number of carbonyl (C=O) groups excluding carboxylic acids is 1. The SMILES string of the molecule is C[C@@H](NC(=O)N[C@H](C(=O)O)C(C)(C)C)C(C)(C)C. The summed E-state index contributed by atoms with van der Waals surface area (Å²) in [6.07, 6.45) is 0. The van der Waals surface area contributed by atoms with Crippen molar-refractivity contribution < 1.29 is 14.7 Å². The number of amides is 2. The van der Waals surface area contributed by atoms with Crippen molar-refractivity contribution in [2.45, 2.75) is 60.5 Å². The Morgan fingerprint density at radius 1 is 0.944 bits per heavy atom. The molecule has 5 heteroatoms. The molecule has 106 valence electrons. The van der Waals surface area contributed by atoms with E-state index in [0.29, 0.717) is 0 Å². The van der Waals surface area contributed by atoms with E-state index in [1.165, 1.54) is 0 Å². The Bertz CT molecular complexity index is 313. The minimum atomic E-state index is -1.03. The molecule has 0 saturated carbocycles. The number of urea groups is 1. The van der Waals surface area contributed by atoms with Crippen molar-refractivity contribution in [1.82, 2.24) is 10.6 Å². The minimum absolute atomic E-state index is 0.0492. The van der Waals surface area contributed by atoms with Gasteiger partial charge in [-0.15, -0.1) is 0 Å². The van der Waals surface area contributed by atoms with Gasteiger partial charge < -0.3 is 15.7 Å². The van der Waals surface area contributed by atoms with Gasteiger partial charge >= 0.3 is 12.0 Å². The molecule has 0 bridgehead atoms. The third-order valence-corrected chi connectivity index (χ3v) is 3.04. The van der Waals surface area contributed by atoms with Gasteiger partial charge in [0.25, 0.3) is 0 Å². The first-order valence-corrected chi connectivity index (χ1v) is 6.15. The molecule has 5 nitrogen and oxygen atoms in total. The Balaban J connectivity index is 4.60. The maximum absolute atomic E-state index is 11.8. The lowest BCUT2D eigenvalue weighted by Gasteiger charge is -2.31. The molecular weight excluding hydrogens is 232 g/mol. The van der Waals surface area contributed by atoms with Gasteiger partial charge in [-0.3, -0.25) is 0 Å². The van der Waals surface area contributed by atoms with E-state index in [2.05, 4.69) is 10.6 Å². The second kappa shape index (κ2) is 5.59. The fraction of sp³-hybridized carbons (Fsp3) is 0.846. The molecule has 2 atom stereocenters. The zero-order chi connectivity index (χ0) is 14.7. The van der Waals surface area contributed by atoms with Crippen LogP contribution in [-0.4, -0.2) is 29.2 Å². The first kappa shape index (κ1) is 16.7. The maximum atomic E-state index is 11.8. The number of carbonyl (C=O) groups is 2. The average molecular weight is 258 g/mol. The molecule has 0 aliphatic carbocycles. The molecule has 18 heavy (non-hydrogen) atoms. The van der Waals surface area contributed by atoms with Crippen LogP contribution in [0.5, 0.6) is 0 Å². The van der Waals surface area contributed by atoms with Crippen LogP contribution >= 0.6 is 0 Å². The summed E-state index contributed by atoms with van der Waals surface area (Å²) in [5.41, 5.74) is -0.605. The first-order chi connectivity index (χ1) is 7.85. The third kappa shape index (κ3) is 5.38. The second-order valence-corrected chi connectivity index (χ2v) is 6.84. The van der Waals surface area contributed by atoms with E-state index in [1.54, 1.807) is 20.8 Å². The Morgan fingerprint density at radius 2 is 1.39 bits per heavy atom. The highest BCUT2D eigenvalue weighted by molar-refractivity contribution is 5.83. The van der Waals surface area contributed by atoms with Crippen LogP contribution in [0.25, 0.3) is 0 Å². The minimum Gasteiger partial charge on any atom is -0.480 e. The summed E-state index contributed by atoms with van der Waals surface area (Å²) >= 11 is 0. The normalized spacial score (nSPS) is 15.7. The standard InChI is InChI=1S/C13H26N2O3/c1-8(12(2,3)4)14-11(18)15-9(10(16)17)13(5,6)7/h8-9H,1-7H3,(H,16,17)(H2,14,15,18)/t8-,9-/m1/s1. The molecule has 0 heterocycles. The van der Waals surface area contributed by atoms with Crippen molar-refractivity contribution in [3.63, 3.8) is 0 Å². The fourth-order valence-corrected chi connectivity index (χ4v) is 1.23. The smallest absolute Gasteiger partial charge is 0.326 e. The molecule has 0 aliphatic rings. The van der Waals surface area contributed by atoms with Gasteiger partial charge in [0.05, 0.1) is 0 Å². The molecule has 0 fully saturated rings. The van der Waals surface area contributed by atoms with Crippen LogP contribution in [0.4, 0.5) is 4.79 Å². The molecule has 0 aromatic heterocycles. The van der Waals surface area contributed by atoms with Gasteiger partial charge in [0.1, 0.15) is 6.04 Å². The number of aliphatic carboxylic acids is 1. The first-order valence-electron chi connectivity index (χ1n) is 6.15. The van der Waals surface area contributed by atoms with Gasteiger partial charge in [0, 0.05) is 6.04 Å². The highest BCUT2D eigenvalue weighted by Gasteiger charge is 2.33. The Kier molecular flexibility index (Phi) is 5.20. The van der Waals surface area contributed by atoms with Gasteiger partial charge in [-0.25, -0.2) is 9.59 Å². The molecule has 0 radical (unpaired) electrons. The lowest BCUT2D eigenvalue weighted by atomic mass is 9.86. The summed E-state index contributed by atoms with van der Waals surface area (Å²) < 4.78 is 0. The monoisotopic (exact) mass is 258 g/mol. The van der Waals surface area contributed by atoms with Crippen molar-refractivity contribution >= 4 is 12.0 Å². The lowest BCUT2D eigenvalue weighted by Crippen LogP contribution is -2.55. The second-order valence-electron chi connectivity index (χ2n) is 6.84. The largest absolute Gasteiger partial charge is 0.480 e. The van der Waals surface area contributed by atoms with E-state index in [1.807, 2.05) is 27.7 Å². The molecule has 3 N–H and O–H groups in total. The van der Waals surface area contributed by atoms with Gasteiger partial charge in [0.2, 0.25) is 0 Å². The Labute approximate surface area is 109 Å². The van der Waals surface area contributed by atoms with Gasteiger partial charge in [0.15, 0.2) is 0 Å². The van der Waals surface area contributed by atoms with Crippen molar-refractivity contribution in [2.24, 2.45) is 10.8 Å². The van der Waals surface area contributed by atoms with Crippen molar-refractivity contribution in [3.05, 3.63) is 0 Å². The van der Waals surface area contributed by atoms with Gasteiger partial charge in [-0.1, -0.05) is 41.5 Å². The van der Waals surface area contributed by atoms with Gasteiger partial charge in [-0.2, -0.15) is 0 Å². The van der Waals surface area contributed by atoms with Crippen LogP contribution < -0.4 is 10.6 Å². The van der Waals surface area contributed by atoms with E-state index in [9.17, 15) is 9.59 Å². The molecule has 0 rings (SSSR count). The molecular formula is C13H26N2O3. The van der Waals surface area contributed by atoms with Gasteiger partial charge in [-0.05, 0) is 17.8 Å². The van der Waals surface area contributed by atoms with Crippen LogP contribution in [0.2, 0.25) is 0 Å².